The Balaban J connectivity index is 0.947. The summed E-state index contributed by atoms with van der Waals surface area (Å²) in [4.78, 5) is 7.29. The highest BCUT2D eigenvalue weighted by Gasteiger charge is 2.15. The molecule has 3 heteroatoms. The van der Waals surface area contributed by atoms with Gasteiger partial charge in [-0.1, -0.05) is 121 Å². The number of fused-ring (bicyclic) bond motifs is 5. The van der Waals surface area contributed by atoms with Gasteiger partial charge in [-0.15, -0.1) is 11.3 Å². The quantitative estimate of drug-likeness (QED) is 0.161. The first-order valence-corrected chi connectivity index (χ1v) is 18.8. The number of anilines is 3. The van der Waals surface area contributed by atoms with E-state index in [9.17, 15) is 0 Å². The number of aryl methyl sites for hydroxylation is 1. The molecule has 53 heavy (non-hydrogen) atoms. The molecule has 0 radical (unpaired) electrons. The molecular formula is C50H34N2S. The lowest BCUT2D eigenvalue weighted by molar-refractivity contribution is 1.30. The van der Waals surface area contributed by atoms with Gasteiger partial charge in [0, 0.05) is 22.6 Å². The molecular weight excluding hydrogens is 661 g/mol. The van der Waals surface area contributed by atoms with Crippen LogP contribution in [0.25, 0.3) is 76.0 Å². The number of nitrogens with zero attached hydrogens (tertiary/aromatic N) is 2. The number of hydrogen-bond acceptors (Lipinski definition) is 3. The molecule has 10 aromatic rings. The summed E-state index contributed by atoms with van der Waals surface area (Å²) >= 11 is 1.75. The standard InChI is InChI=1S/C50H34N2S/c1-33-10-25-49-48(26-33)51-50(53-49)44-18-17-40-27-34(13-15-42(40)29-44)11-12-35-14-16-43-32-47(24-21-41(43)28-35)52(45-22-19-36-6-2-4-8-38(36)30-45)46-23-20-37-7-3-5-9-39(37)31-46/h2-32H,1H3/b12-11+. The van der Waals surface area contributed by atoms with E-state index in [0.717, 1.165) is 33.1 Å². The molecule has 1 heterocycles. The van der Waals surface area contributed by atoms with Crippen molar-refractivity contribution in [3.63, 3.8) is 0 Å². The first kappa shape index (κ1) is 31.2. The SMILES string of the molecule is Cc1ccc2sc(-c3ccc4cc(/C=C/c5ccc6cc(N(c7ccc8ccccc8c7)c7ccc8ccccc8c7)ccc6c5)ccc4c3)nc2c1. The molecule has 0 bridgehead atoms. The molecule has 0 aliphatic heterocycles. The molecule has 250 valence electrons. The number of thiazole rings is 1. The van der Waals surface area contributed by atoms with Gasteiger partial charge in [0.15, 0.2) is 0 Å². The highest BCUT2D eigenvalue weighted by atomic mass is 32.1. The van der Waals surface area contributed by atoms with Crippen LogP contribution >= 0.6 is 11.3 Å². The Morgan fingerprint density at radius 2 is 0.906 bits per heavy atom. The number of rotatable bonds is 6. The van der Waals surface area contributed by atoms with Gasteiger partial charge in [0.25, 0.3) is 0 Å². The van der Waals surface area contributed by atoms with Gasteiger partial charge >= 0.3 is 0 Å². The largest absolute Gasteiger partial charge is 0.310 e. The van der Waals surface area contributed by atoms with E-state index in [1.54, 1.807) is 11.3 Å². The van der Waals surface area contributed by atoms with E-state index in [4.69, 9.17) is 4.98 Å². The minimum absolute atomic E-state index is 1.06. The monoisotopic (exact) mass is 694 g/mol. The summed E-state index contributed by atoms with van der Waals surface area (Å²) < 4.78 is 1.23. The molecule has 0 unspecified atom stereocenters. The van der Waals surface area contributed by atoms with Gasteiger partial charge in [-0.3, -0.25) is 0 Å². The van der Waals surface area contributed by atoms with E-state index < -0.39 is 0 Å². The molecule has 1 aromatic heterocycles. The van der Waals surface area contributed by atoms with Gasteiger partial charge in [0.2, 0.25) is 0 Å². The Labute approximate surface area is 312 Å². The molecule has 0 aliphatic rings. The first-order chi connectivity index (χ1) is 26.1. The lowest BCUT2D eigenvalue weighted by atomic mass is 10.0. The van der Waals surface area contributed by atoms with Crippen molar-refractivity contribution < 1.29 is 0 Å². The minimum Gasteiger partial charge on any atom is -0.310 e. The zero-order valence-electron chi connectivity index (χ0n) is 29.2. The number of aromatic nitrogens is 1. The van der Waals surface area contributed by atoms with Crippen LogP contribution in [0.4, 0.5) is 17.1 Å². The van der Waals surface area contributed by atoms with Gasteiger partial charge in [-0.2, -0.15) is 0 Å². The van der Waals surface area contributed by atoms with Crippen LogP contribution in [0.5, 0.6) is 0 Å². The average molecular weight is 695 g/mol. The maximum atomic E-state index is 4.92. The zero-order valence-corrected chi connectivity index (χ0v) is 30.0. The van der Waals surface area contributed by atoms with Crippen molar-refractivity contribution in [2.45, 2.75) is 6.92 Å². The molecule has 0 saturated carbocycles. The van der Waals surface area contributed by atoms with Crippen LogP contribution in [0.15, 0.2) is 176 Å². The Kier molecular flexibility index (Phi) is 7.59. The normalized spacial score (nSPS) is 11.8. The summed E-state index contributed by atoms with van der Waals surface area (Å²) in [6, 6.07) is 64.0. The van der Waals surface area contributed by atoms with Crippen LogP contribution in [0.3, 0.4) is 0 Å². The van der Waals surface area contributed by atoms with Crippen molar-refractivity contribution >= 4 is 93.9 Å². The maximum absolute atomic E-state index is 4.92. The first-order valence-electron chi connectivity index (χ1n) is 18.0. The van der Waals surface area contributed by atoms with Crippen LogP contribution in [0.1, 0.15) is 16.7 Å². The van der Waals surface area contributed by atoms with Crippen molar-refractivity contribution in [1.29, 1.82) is 0 Å². The Morgan fingerprint density at radius 1 is 0.434 bits per heavy atom. The van der Waals surface area contributed by atoms with Gasteiger partial charge < -0.3 is 4.90 Å². The number of benzene rings is 9. The van der Waals surface area contributed by atoms with Crippen molar-refractivity contribution in [3.8, 4) is 10.6 Å². The average Bonchev–Trinajstić information content (AvgIpc) is 3.63. The van der Waals surface area contributed by atoms with E-state index in [1.165, 1.54) is 64.5 Å². The van der Waals surface area contributed by atoms with Crippen molar-refractivity contribution in [2.75, 3.05) is 4.90 Å². The number of hydrogen-bond donors (Lipinski definition) is 0. The summed E-state index contributed by atoms with van der Waals surface area (Å²) in [7, 11) is 0. The van der Waals surface area contributed by atoms with E-state index in [2.05, 4.69) is 200 Å². The van der Waals surface area contributed by atoms with Crippen LogP contribution < -0.4 is 4.90 Å². The van der Waals surface area contributed by atoms with E-state index in [0.29, 0.717) is 0 Å². The lowest BCUT2D eigenvalue weighted by Gasteiger charge is -2.26. The zero-order chi connectivity index (χ0) is 35.3. The Bertz CT molecular complexity index is 2960. The molecule has 0 fully saturated rings. The van der Waals surface area contributed by atoms with Crippen LogP contribution in [0, 0.1) is 6.92 Å². The predicted molar refractivity (Wildman–Crippen MR) is 230 cm³/mol. The van der Waals surface area contributed by atoms with Crippen LogP contribution in [-0.4, -0.2) is 4.98 Å². The maximum Gasteiger partial charge on any atom is 0.124 e. The molecule has 0 amide bonds. The fourth-order valence-electron chi connectivity index (χ4n) is 7.43. The summed E-state index contributed by atoms with van der Waals surface area (Å²) in [5, 5.41) is 10.9. The van der Waals surface area contributed by atoms with Gasteiger partial charge in [-0.05, 0) is 133 Å². The highest BCUT2D eigenvalue weighted by Crippen LogP contribution is 2.39. The topological polar surface area (TPSA) is 16.1 Å². The Hall–Kier alpha value is -6.55. The molecule has 0 saturated heterocycles. The summed E-state index contributed by atoms with van der Waals surface area (Å²) in [5.74, 6) is 0. The van der Waals surface area contributed by atoms with Crippen molar-refractivity contribution in [1.82, 2.24) is 4.98 Å². The molecule has 0 aliphatic carbocycles. The van der Waals surface area contributed by atoms with Gasteiger partial charge in [0.1, 0.15) is 5.01 Å². The molecule has 0 atom stereocenters. The second-order valence-corrected chi connectivity index (χ2v) is 14.9. The molecule has 9 aromatic carbocycles. The third-order valence-corrected chi connectivity index (χ3v) is 11.3. The Morgan fingerprint density at radius 3 is 1.51 bits per heavy atom. The smallest absolute Gasteiger partial charge is 0.124 e. The van der Waals surface area contributed by atoms with E-state index >= 15 is 0 Å². The lowest BCUT2D eigenvalue weighted by Crippen LogP contribution is -2.10. The van der Waals surface area contributed by atoms with E-state index in [1.807, 2.05) is 0 Å². The van der Waals surface area contributed by atoms with Crippen molar-refractivity contribution in [2.24, 2.45) is 0 Å². The second kappa shape index (κ2) is 12.9. The predicted octanol–water partition coefficient (Wildman–Crippen LogP) is 14.5. The van der Waals surface area contributed by atoms with Gasteiger partial charge in [-0.25, -0.2) is 4.98 Å². The van der Waals surface area contributed by atoms with E-state index in [-0.39, 0.29) is 0 Å². The summed E-state index contributed by atoms with van der Waals surface area (Å²) in [6.45, 7) is 2.12. The minimum atomic E-state index is 1.06. The molecule has 0 N–H and O–H groups in total. The molecule has 0 spiro atoms. The molecule has 2 nitrogen and oxygen atoms in total. The van der Waals surface area contributed by atoms with Crippen molar-refractivity contribution in [3.05, 3.63) is 193 Å². The second-order valence-electron chi connectivity index (χ2n) is 13.8. The third-order valence-electron chi connectivity index (χ3n) is 10.2. The fraction of sp³-hybridized carbons (Fsp3) is 0.0200. The summed E-state index contributed by atoms with van der Waals surface area (Å²) in [5.41, 5.74) is 9.23. The molecule has 10 rings (SSSR count). The fourth-order valence-corrected chi connectivity index (χ4v) is 8.37. The van der Waals surface area contributed by atoms with Crippen LogP contribution in [-0.2, 0) is 0 Å². The summed E-state index contributed by atoms with van der Waals surface area (Å²) in [6.07, 6.45) is 4.42. The highest BCUT2D eigenvalue weighted by molar-refractivity contribution is 7.21. The van der Waals surface area contributed by atoms with Crippen LogP contribution in [0.2, 0.25) is 0 Å². The van der Waals surface area contributed by atoms with Gasteiger partial charge in [0.05, 0.1) is 10.2 Å². The third kappa shape index (κ3) is 6.01.